The highest BCUT2D eigenvalue weighted by molar-refractivity contribution is 6.31. The van der Waals surface area contributed by atoms with Crippen molar-refractivity contribution in [1.82, 2.24) is 14.8 Å². The fourth-order valence-electron chi connectivity index (χ4n) is 3.76. The van der Waals surface area contributed by atoms with Crippen LogP contribution in [0.25, 0.3) is 0 Å². The van der Waals surface area contributed by atoms with Gasteiger partial charge in [-0.1, -0.05) is 48.9 Å². The van der Waals surface area contributed by atoms with Crippen molar-refractivity contribution in [2.75, 3.05) is 12.0 Å². The fraction of sp³-hybridized carbons (Fsp3) is 0.286. The second-order valence-corrected chi connectivity index (χ2v) is 7.09. The van der Waals surface area contributed by atoms with Crippen molar-refractivity contribution in [1.29, 1.82) is 0 Å². The third-order valence-electron chi connectivity index (χ3n) is 5.16. The summed E-state index contributed by atoms with van der Waals surface area (Å²) < 4.78 is 7.08. The second kappa shape index (κ2) is 7.64. The first-order chi connectivity index (χ1) is 13.6. The zero-order valence-electron chi connectivity index (χ0n) is 15.7. The molecular formula is C21H21ClN4O2. The summed E-state index contributed by atoms with van der Waals surface area (Å²) in [6.45, 7) is 1.86. The molecule has 0 spiro atoms. The first-order valence-corrected chi connectivity index (χ1v) is 9.61. The quantitative estimate of drug-likeness (QED) is 0.655. The molecule has 0 aliphatic carbocycles. The number of hydrogen-bond donors (Lipinski definition) is 0. The lowest BCUT2D eigenvalue weighted by Gasteiger charge is -2.39. The summed E-state index contributed by atoms with van der Waals surface area (Å²) in [5.41, 5.74) is 1.99. The van der Waals surface area contributed by atoms with Crippen molar-refractivity contribution in [2.24, 2.45) is 0 Å². The molecule has 0 unspecified atom stereocenters. The number of benzene rings is 2. The standard InChI is InChI=1S/C21H21ClN4O2/c1-3-20(27)25-18(14-8-10-15(28-2)11-9-14)12-19(26-21(25)23-13-24-26)16-6-4-5-7-17(16)22/h4-11,13,18-19H,3,12H2,1-2H3/t18-,19+/m1/s1. The molecule has 144 valence electrons. The highest BCUT2D eigenvalue weighted by Crippen LogP contribution is 2.43. The average molecular weight is 397 g/mol. The lowest BCUT2D eigenvalue weighted by atomic mass is 9.91. The number of nitrogens with zero attached hydrogens (tertiary/aromatic N) is 4. The van der Waals surface area contributed by atoms with Crippen LogP contribution in [0.15, 0.2) is 54.9 Å². The molecule has 1 aromatic heterocycles. The molecule has 0 fully saturated rings. The third-order valence-corrected chi connectivity index (χ3v) is 5.50. The maximum atomic E-state index is 12.8. The molecule has 1 aliphatic rings. The van der Waals surface area contributed by atoms with Crippen LogP contribution in [0.3, 0.4) is 0 Å². The van der Waals surface area contributed by atoms with Crippen LogP contribution in [-0.2, 0) is 4.79 Å². The van der Waals surface area contributed by atoms with Crippen molar-refractivity contribution in [3.05, 3.63) is 71.0 Å². The SMILES string of the molecule is CCC(=O)N1c2ncnn2[C@H](c2ccccc2Cl)C[C@@H]1c1ccc(OC)cc1. The molecule has 3 aromatic rings. The van der Waals surface area contributed by atoms with Crippen molar-refractivity contribution in [2.45, 2.75) is 31.8 Å². The van der Waals surface area contributed by atoms with Gasteiger partial charge in [0.05, 0.1) is 19.2 Å². The van der Waals surface area contributed by atoms with E-state index in [4.69, 9.17) is 16.3 Å². The minimum atomic E-state index is -0.170. The van der Waals surface area contributed by atoms with Gasteiger partial charge in [-0.15, -0.1) is 0 Å². The Bertz CT molecular complexity index is 986. The van der Waals surface area contributed by atoms with E-state index in [-0.39, 0.29) is 18.0 Å². The van der Waals surface area contributed by atoms with Crippen molar-refractivity contribution in [3.8, 4) is 5.75 Å². The van der Waals surface area contributed by atoms with E-state index in [0.717, 1.165) is 16.9 Å². The number of anilines is 1. The summed E-state index contributed by atoms with van der Waals surface area (Å²) in [5, 5.41) is 5.09. The van der Waals surface area contributed by atoms with Crippen LogP contribution in [0.4, 0.5) is 5.95 Å². The van der Waals surface area contributed by atoms with Gasteiger partial charge < -0.3 is 4.74 Å². The summed E-state index contributed by atoms with van der Waals surface area (Å²) >= 11 is 6.49. The van der Waals surface area contributed by atoms with Crippen molar-refractivity contribution >= 4 is 23.5 Å². The van der Waals surface area contributed by atoms with Gasteiger partial charge in [0.15, 0.2) is 0 Å². The number of fused-ring (bicyclic) bond motifs is 1. The topological polar surface area (TPSA) is 60.2 Å². The number of methoxy groups -OCH3 is 1. The van der Waals surface area contributed by atoms with Crippen LogP contribution < -0.4 is 9.64 Å². The van der Waals surface area contributed by atoms with Gasteiger partial charge in [-0.25, -0.2) is 4.68 Å². The molecule has 0 saturated heterocycles. The molecule has 1 amide bonds. The number of carbonyl (C=O) groups excluding carboxylic acids is 1. The molecule has 0 N–H and O–H groups in total. The van der Waals surface area contributed by atoms with E-state index >= 15 is 0 Å². The summed E-state index contributed by atoms with van der Waals surface area (Å²) in [4.78, 5) is 19.0. The van der Waals surface area contributed by atoms with Crippen molar-refractivity contribution < 1.29 is 9.53 Å². The minimum Gasteiger partial charge on any atom is -0.497 e. The largest absolute Gasteiger partial charge is 0.497 e. The molecule has 0 radical (unpaired) electrons. The fourth-order valence-corrected chi connectivity index (χ4v) is 4.03. The first-order valence-electron chi connectivity index (χ1n) is 9.24. The monoisotopic (exact) mass is 396 g/mol. The molecule has 0 saturated carbocycles. The Labute approximate surface area is 168 Å². The van der Waals surface area contributed by atoms with E-state index in [1.807, 2.05) is 55.5 Å². The average Bonchev–Trinajstić information content (AvgIpc) is 3.22. The predicted molar refractivity (Wildman–Crippen MR) is 108 cm³/mol. The zero-order chi connectivity index (χ0) is 19.7. The molecule has 2 aromatic carbocycles. The van der Waals surface area contributed by atoms with E-state index in [1.165, 1.54) is 6.33 Å². The minimum absolute atomic E-state index is 0.00711. The van der Waals surface area contributed by atoms with Crippen molar-refractivity contribution in [3.63, 3.8) is 0 Å². The van der Waals surface area contributed by atoms with Crippen LogP contribution in [0, 0.1) is 0 Å². The zero-order valence-corrected chi connectivity index (χ0v) is 16.5. The van der Waals surface area contributed by atoms with Gasteiger partial charge in [-0.05, 0) is 35.7 Å². The predicted octanol–water partition coefficient (Wildman–Crippen LogP) is 4.42. The number of amides is 1. The Morgan fingerprint density at radius 3 is 2.61 bits per heavy atom. The van der Waals surface area contributed by atoms with Crippen LogP contribution in [0.5, 0.6) is 5.75 Å². The van der Waals surface area contributed by atoms with E-state index in [1.54, 1.807) is 16.7 Å². The number of ether oxygens (including phenoxy) is 1. The summed E-state index contributed by atoms with van der Waals surface area (Å²) in [7, 11) is 1.64. The molecule has 1 aliphatic heterocycles. The van der Waals surface area contributed by atoms with E-state index < -0.39 is 0 Å². The molecule has 2 heterocycles. The Morgan fingerprint density at radius 1 is 1.18 bits per heavy atom. The van der Waals surface area contributed by atoms with Gasteiger partial charge in [0.25, 0.3) is 0 Å². The number of hydrogen-bond acceptors (Lipinski definition) is 4. The Kier molecular flexibility index (Phi) is 5.05. The Hall–Kier alpha value is -2.86. The lowest BCUT2D eigenvalue weighted by Crippen LogP contribution is -2.42. The molecule has 28 heavy (non-hydrogen) atoms. The van der Waals surface area contributed by atoms with E-state index in [0.29, 0.717) is 23.8 Å². The van der Waals surface area contributed by atoms with Gasteiger partial charge in [0.1, 0.15) is 12.1 Å². The Morgan fingerprint density at radius 2 is 1.93 bits per heavy atom. The second-order valence-electron chi connectivity index (χ2n) is 6.68. The highest BCUT2D eigenvalue weighted by atomic mass is 35.5. The number of aromatic nitrogens is 3. The number of rotatable bonds is 4. The molecule has 0 bridgehead atoms. The normalized spacial score (nSPS) is 18.6. The van der Waals surface area contributed by atoms with Gasteiger partial charge in [0.2, 0.25) is 11.9 Å². The van der Waals surface area contributed by atoms with E-state index in [2.05, 4.69) is 10.1 Å². The molecule has 2 atom stereocenters. The van der Waals surface area contributed by atoms with Crippen LogP contribution in [0.2, 0.25) is 5.02 Å². The van der Waals surface area contributed by atoms with Crippen LogP contribution in [0.1, 0.15) is 43.0 Å². The van der Waals surface area contributed by atoms with Crippen LogP contribution in [-0.4, -0.2) is 27.8 Å². The molecular weight excluding hydrogens is 376 g/mol. The maximum Gasteiger partial charge on any atom is 0.231 e. The number of carbonyl (C=O) groups is 1. The van der Waals surface area contributed by atoms with Crippen LogP contribution >= 0.6 is 11.6 Å². The van der Waals surface area contributed by atoms with Gasteiger partial charge >= 0.3 is 0 Å². The van der Waals surface area contributed by atoms with Gasteiger partial charge in [-0.2, -0.15) is 10.1 Å². The summed E-state index contributed by atoms with van der Waals surface area (Å²) in [6, 6.07) is 15.3. The van der Waals surface area contributed by atoms with Gasteiger partial charge in [-0.3, -0.25) is 9.69 Å². The lowest BCUT2D eigenvalue weighted by molar-refractivity contribution is -0.119. The Balaban J connectivity index is 1.84. The van der Waals surface area contributed by atoms with E-state index in [9.17, 15) is 4.79 Å². The summed E-state index contributed by atoms with van der Waals surface area (Å²) in [5.74, 6) is 1.33. The molecule has 6 nitrogen and oxygen atoms in total. The maximum absolute atomic E-state index is 12.8. The highest BCUT2D eigenvalue weighted by Gasteiger charge is 2.39. The first kappa shape index (κ1) is 18.5. The number of halogens is 1. The van der Waals surface area contributed by atoms with Gasteiger partial charge in [0, 0.05) is 11.4 Å². The molecule has 4 rings (SSSR count). The summed E-state index contributed by atoms with van der Waals surface area (Å²) in [6.07, 6.45) is 2.53. The smallest absolute Gasteiger partial charge is 0.231 e. The molecule has 7 heteroatoms. The third kappa shape index (κ3) is 3.14.